The fourth-order valence-corrected chi connectivity index (χ4v) is 3.14. The number of nitrogens with zero attached hydrogens (tertiary/aromatic N) is 3. The number of nitro benzene ring substituents is 1. The van der Waals surface area contributed by atoms with E-state index in [0.29, 0.717) is 5.69 Å². The number of non-ortho nitro benzene ring substituents is 1. The number of nitrogens with one attached hydrogen (secondary N) is 1. The zero-order chi connectivity index (χ0) is 18.5. The van der Waals surface area contributed by atoms with E-state index in [0.717, 1.165) is 16.4 Å². The number of anilines is 1. The first kappa shape index (κ1) is 17.7. The van der Waals surface area contributed by atoms with Crippen molar-refractivity contribution in [3.63, 3.8) is 0 Å². The van der Waals surface area contributed by atoms with E-state index in [2.05, 4.69) is 10.3 Å². The molecule has 2 aromatic carbocycles. The molecule has 0 aliphatic rings. The second kappa shape index (κ2) is 7.83. The molecule has 1 heterocycles. The molecule has 7 nitrogen and oxygen atoms in total. The van der Waals surface area contributed by atoms with Crippen LogP contribution in [0.1, 0.15) is 5.56 Å². The molecule has 0 aliphatic carbocycles. The molecule has 3 aromatic rings. The van der Waals surface area contributed by atoms with Gasteiger partial charge in [-0.3, -0.25) is 19.5 Å². The number of thioether (sulfide) groups is 1. The van der Waals surface area contributed by atoms with Crippen molar-refractivity contribution in [1.82, 2.24) is 9.55 Å². The zero-order valence-electron chi connectivity index (χ0n) is 14.0. The minimum absolute atomic E-state index is 0.0162. The third-order valence-corrected chi connectivity index (χ3v) is 4.55. The van der Waals surface area contributed by atoms with Crippen LogP contribution in [-0.2, 0) is 4.79 Å². The second-order valence-corrected chi connectivity index (χ2v) is 6.50. The Morgan fingerprint density at radius 3 is 2.73 bits per heavy atom. The molecule has 0 aliphatic heterocycles. The number of nitro groups is 1. The number of carbonyl (C=O) groups is 1. The van der Waals surface area contributed by atoms with Gasteiger partial charge >= 0.3 is 0 Å². The maximum Gasteiger partial charge on any atom is 0.269 e. The predicted molar refractivity (Wildman–Crippen MR) is 101 cm³/mol. The Balaban J connectivity index is 1.62. The average Bonchev–Trinajstić information content (AvgIpc) is 3.09. The summed E-state index contributed by atoms with van der Waals surface area (Å²) in [4.78, 5) is 26.6. The number of benzene rings is 2. The fourth-order valence-electron chi connectivity index (χ4n) is 2.36. The number of hydrogen-bond donors (Lipinski definition) is 1. The van der Waals surface area contributed by atoms with Crippen molar-refractivity contribution >= 4 is 29.0 Å². The largest absolute Gasteiger partial charge is 0.325 e. The van der Waals surface area contributed by atoms with Crippen LogP contribution < -0.4 is 5.32 Å². The molecular weight excluding hydrogens is 352 g/mol. The van der Waals surface area contributed by atoms with Crippen molar-refractivity contribution in [2.75, 3.05) is 11.1 Å². The number of carbonyl (C=O) groups excluding carboxylic acids is 1. The zero-order valence-corrected chi connectivity index (χ0v) is 14.8. The summed E-state index contributed by atoms with van der Waals surface area (Å²) >= 11 is 1.32. The van der Waals surface area contributed by atoms with Crippen molar-refractivity contribution in [3.05, 3.63) is 76.6 Å². The third kappa shape index (κ3) is 4.28. The Hall–Kier alpha value is -3.13. The summed E-state index contributed by atoms with van der Waals surface area (Å²) in [6.45, 7) is 2.02. The van der Waals surface area contributed by atoms with Gasteiger partial charge in [0, 0.05) is 35.9 Å². The topological polar surface area (TPSA) is 90.1 Å². The van der Waals surface area contributed by atoms with Crippen LogP contribution in [0.15, 0.2) is 66.1 Å². The SMILES string of the molecule is Cc1cccc(-n2ccnc2SCC(=O)Nc2ccc([N+](=O)[O-])cc2)c1. The highest BCUT2D eigenvalue weighted by atomic mass is 32.2. The van der Waals surface area contributed by atoms with Crippen LogP contribution >= 0.6 is 11.8 Å². The number of aromatic nitrogens is 2. The van der Waals surface area contributed by atoms with Crippen LogP contribution in [0.2, 0.25) is 0 Å². The molecule has 0 saturated heterocycles. The van der Waals surface area contributed by atoms with Gasteiger partial charge in [-0.25, -0.2) is 4.98 Å². The van der Waals surface area contributed by atoms with Crippen LogP contribution in [0.5, 0.6) is 0 Å². The molecule has 26 heavy (non-hydrogen) atoms. The molecule has 0 saturated carbocycles. The van der Waals surface area contributed by atoms with Gasteiger partial charge in [0.15, 0.2) is 5.16 Å². The molecule has 0 atom stereocenters. The first-order valence-corrected chi connectivity index (χ1v) is 8.79. The Kier molecular flexibility index (Phi) is 5.33. The van der Waals surface area contributed by atoms with Gasteiger partial charge in [0.2, 0.25) is 5.91 Å². The van der Waals surface area contributed by atoms with E-state index in [1.807, 2.05) is 42.0 Å². The van der Waals surface area contributed by atoms with Gasteiger partial charge in [-0.05, 0) is 36.8 Å². The lowest BCUT2D eigenvalue weighted by atomic mass is 10.2. The summed E-state index contributed by atoms with van der Waals surface area (Å²) in [6, 6.07) is 13.7. The number of amides is 1. The van der Waals surface area contributed by atoms with E-state index in [1.54, 1.807) is 6.20 Å². The first-order valence-electron chi connectivity index (χ1n) is 7.80. The van der Waals surface area contributed by atoms with Gasteiger partial charge < -0.3 is 5.32 Å². The standard InChI is InChI=1S/C18H16N4O3S/c1-13-3-2-4-16(11-13)21-10-9-19-18(21)26-12-17(23)20-14-5-7-15(8-6-14)22(24)25/h2-11H,12H2,1H3,(H,20,23). The summed E-state index contributed by atoms with van der Waals surface area (Å²) in [5, 5.41) is 14.1. The average molecular weight is 368 g/mol. The maximum absolute atomic E-state index is 12.1. The number of hydrogen-bond acceptors (Lipinski definition) is 5. The van der Waals surface area contributed by atoms with E-state index >= 15 is 0 Å². The maximum atomic E-state index is 12.1. The lowest BCUT2D eigenvalue weighted by molar-refractivity contribution is -0.384. The van der Waals surface area contributed by atoms with Crippen molar-refractivity contribution in [2.45, 2.75) is 12.1 Å². The Labute approximate surface area is 154 Å². The van der Waals surface area contributed by atoms with Gasteiger partial charge in [0.1, 0.15) is 0 Å². The predicted octanol–water partition coefficient (Wildman–Crippen LogP) is 3.82. The fraction of sp³-hybridized carbons (Fsp3) is 0.111. The van der Waals surface area contributed by atoms with Crippen LogP contribution in [0.4, 0.5) is 11.4 Å². The van der Waals surface area contributed by atoms with Crippen molar-refractivity contribution in [1.29, 1.82) is 0 Å². The van der Waals surface area contributed by atoms with Gasteiger partial charge in [0.05, 0.1) is 10.7 Å². The first-order chi connectivity index (χ1) is 12.5. The molecule has 0 unspecified atom stereocenters. The summed E-state index contributed by atoms with van der Waals surface area (Å²) in [5.74, 6) is -0.0255. The molecule has 1 N–H and O–H groups in total. The molecule has 0 fully saturated rings. The lowest BCUT2D eigenvalue weighted by Crippen LogP contribution is -2.14. The van der Waals surface area contributed by atoms with Gasteiger partial charge in [-0.15, -0.1) is 0 Å². The van der Waals surface area contributed by atoms with E-state index in [9.17, 15) is 14.9 Å². The van der Waals surface area contributed by atoms with E-state index in [-0.39, 0.29) is 17.3 Å². The Morgan fingerprint density at radius 1 is 1.27 bits per heavy atom. The van der Waals surface area contributed by atoms with Crippen molar-refractivity contribution in [2.24, 2.45) is 0 Å². The molecule has 132 valence electrons. The quantitative estimate of drug-likeness (QED) is 0.406. The highest BCUT2D eigenvalue weighted by molar-refractivity contribution is 7.99. The molecule has 8 heteroatoms. The molecule has 0 spiro atoms. The van der Waals surface area contributed by atoms with Crippen molar-refractivity contribution in [3.8, 4) is 5.69 Å². The highest BCUT2D eigenvalue weighted by Crippen LogP contribution is 2.22. The van der Waals surface area contributed by atoms with Gasteiger partial charge in [-0.1, -0.05) is 23.9 Å². The van der Waals surface area contributed by atoms with E-state index in [1.165, 1.54) is 36.0 Å². The summed E-state index contributed by atoms with van der Waals surface area (Å²) < 4.78 is 1.93. The summed E-state index contributed by atoms with van der Waals surface area (Å²) in [7, 11) is 0. The highest BCUT2D eigenvalue weighted by Gasteiger charge is 2.10. The monoisotopic (exact) mass is 368 g/mol. The Bertz CT molecular complexity index is 938. The smallest absolute Gasteiger partial charge is 0.269 e. The normalized spacial score (nSPS) is 10.5. The van der Waals surface area contributed by atoms with Crippen molar-refractivity contribution < 1.29 is 9.72 Å². The number of imidazole rings is 1. The molecule has 1 aromatic heterocycles. The molecule has 0 radical (unpaired) electrons. The molecular formula is C18H16N4O3S. The molecule has 0 bridgehead atoms. The van der Waals surface area contributed by atoms with E-state index < -0.39 is 4.92 Å². The van der Waals surface area contributed by atoms with Crippen LogP contribution in [0.25, 0.3) is 5.69 Å². The molecule has 3 rings (SSSR count). The van der Waals surface area contributed by atoms with Crippen LogP contribution in [0, 0.1) is 17.0 Å². The van der Waals surface area contributed by atoms with Gasteiger partial charge in [0.25, 0.3) is 5.69 Å². The number of rotatable bonds is 6. The third-order valence-electron chi connectivity index (χ3n) is 3.58. The van der Waals surface area contributed by atoms with Crippen LogP contribution in [0.3, 0.4) is 0 Å². The van der Waals surface area contributed by atoms with Crippen LogP contribution in [-0.4, -0.2) is 26.1 Å². The number of aryl methyl sites for hydroxylation is 1. The summed E-state index contributed by atoms with van der Waals surface area (Å²) in [5.41, 5.74) is 2.63. The minimum atomic E-state index is -0.480. The van der Waals surface area contributed by atoms with Gasteiger partial charge in [-0.2, -0.15) is 0 Å². The van der Waals surface area contributed by atoms with E-state index in [4.69, 9.17) is 0 Å². The lowest BCUT2D eigenvalue weighted by Gasteiger charge is -2.08. The minimum Gasteiger partial charge on any atom is -0.325 e. The molecule has 1 amide bonds. The summed E-state index contributed by atoms with van der Waals surface area (Å²) in [6.07, 6.45) is 3.55. The Morgan fingerprint density at radius 2 is 2.04 bits per heavy atom. The second-order valence-electron chi connectivity index (χ2n) is 5.56.